The number of ether oxygens (including phenoxy) is 1. The third kappa shape index (κ3) is 3.64. The maximum absolute atomic E-state index is 12.5. The first-order valence-electron chi connectivity index (χ1n) is 9.49. The first-order chi connectivity index (χ1) is 13.5. The number of rotatable bonds is 6. The van der Waals surface area contributed by atoms with Crippen molar-refractivity contribution in [1.29, 1.82) is 0 Å². The summed E-state index contributed by atoms with van der Waals surface area (Å²) in [6, 6.07) is 1.53. The van der Waals surface area contributed by atoms with Crippen LogP contribution < -0.4 is 10.0 Å². The van der Waals surface area contributed by atoms with Crippen LogP contribution >= 0.6 is 0 Å². The number of aromatic nitrogens is 2. The molecule has 1 aromatic heterocycles. The van der Waals surface area contributed by atoms with Crippen LogP contribution in [0.4, 0.5) is 10.5 Å². The number of aryl methyl sites for hydroxylation is 2. The van der Waals surface area contributed by atoms with E-state index >= 15 is 0 Å². The minimum atomic E-state index is -4.00. The van der Waals surface area contributed by atoms with Gasteiger partial charge in [-0.1, -0.05) is 6.07 Å². The Balaban J connectivity index is 1.51. The molecule has 2 aliphatic carbocycles. The first kappa shape index (κ1) is 18.9. The molecule has 1 aromatic carbocycles. The van der Waals surface area contributed by atoms with Gasteiger partial charge in [0.15, 0.2) is 0 Å². The second kappa shape index (κ2) is 7.56. The van der Waals surface area contributed by atoms with Crippen LogP contribution in [0, 0.1) is 0 Å². The van der Waals surface area contributed by atoms with Gasteiger partial charge in [0, 0.05) is 19.0 Å². The molecule has 0 saturated heterocycles. The normalized spacial score (nSPS) is 15.3. The minimum Gasteiger partial charge on any atom is -0.383 e. The molecule has 2 N–H and O–H groups in total. The molecular formula is C19H24N4O4S. The van der Waals surface area contributed by atoms with Crippen LogP contribution in [0.5, 0.6) is 0 Å². The van der Waals surface area contributed by atoms with Crippen molar-refractivity contribution < 1.29 is 17.9 Å². The molecule has 0 unspecified atom stereocenters. The summed E-state index contributed by atoms with van der Waals surface area (Å²) in [5, 5.41) is 6.82. The topological polar surface area (TPSA) is 102 Å². The Morgan fingerprint density at radius 2 is 1.86 bits per heavy atom. The van der Waals surface area contributed by atoms with E-state index < -0.39 is 16.1 Å². The second-order valence-electron chi connectivity index (χ2n) is 7.23. The van der Waals surface area contributed by atoms with Crippen molar-refractivity contribution in [2.45, 2.75) is 50.0 Å². The maximum atomic E-state index is 12.5. The van der Waals surface area contributed by atoms with Crippen molar-refractivity contribution in [2.24, 2.45) is 0 Å². The standard InChI is InChI=1S/C19H24N4O4S/c1-27-9-8-23-12-15(11-20-23)28(25,26)22-19(24)21-18-16-6-2-4-13(16)10-14-5-3-7-17(14)18/h10-12H,2-9H2,1H3,(H2,21,22,24). The van der Waals surface area contributed by atoms with E-state index in [1.165, 1.54) is 28.2 Å². The van der Waals surface area contributed by atoms with Gasteiger partial charge in [-0.2, -0.15) is 5.10 Å². The van der Waals surface area contributed by atoms with Gasteiger partial charge in [0.05, 0.1) is 19.3 Å². The fraction of sp³-hybridized carbons (Fsp3) is 0.474. The largest absolute Gasteiger partial charge is 0.383 e. The summed E-state index contributed by atoms with van der Waals surface area (Å²) in [6.07, 6.45) is 8.58. The summed E-state index contributed by atoms with van der Waals surface area (Å²) in [7, 11) is -2.44. The SMILES string of the molecule is COCCn1cc(S(=O)(=O)NC(=O)Nc2c3c(cc4c2CCC4)CCC3)cn1. The van der Waals surface area contributed by atoms with Crippen molar-refractivity contribution >= 4 is 21.7 Å². The molecule has 0 fully saturated rings. The van der Waals surface area contributed by atoms with Gasteiger partial charge in [0.25, 0.3) is 10.0 Å². The van der Waals surface area contributed by atoms with Crippen molar-refractivity contribution in [3.8, 4) is 0 Å². The summed E-state index contributed by atoms with van der Waals surface area (Å²) in [5.74, 6) is 0. The third-order valence-corrected chi connectivity index (χ3v) is 6.67. The van der Waals surface area contributed by atoms with Crippen LogP contribution in [-0.2, 0) is 47.0 Å². The molecule has 150 valence electrons. The summed E-state index contributed by atoms with van der Waals surface area (Å²) in [6.45, 7) is 0.847. The molecule has 4 rings (SSSR count). The van der Waals surface area contributed by atoms with E-state index in [1.54, 1.807) is 7.11 Å². The molecule has 0 bridgehead atoms. The Hall–Kier alpha value is -2.39. The van der Waals surface area contributed by atoms with Crippen LogP contribution in [0.25, 0.3) is 0 Å². The van der Waals surface area contributed by atoms with E-state index in [-0.39, 0.29) is 4.90 Å². The molecule has 2 aromatic rings. The molecule has 9 heteroatoms. The highest BCUT2D eigenvalue weighted by Gasteiger charge is 2.26. The zero-order chi connectivity index (χ0) is 19.7. The number of hydrogen-bond acceptors (Lipinski definition) is 5. The molecule has 28 heavy (non-hydrogen) atoms. The number of sulfonamides is 1. The Kier molecular flexibility index (Phi) is 5.11. The molecule has 0 atom stereocenters. The lowest BCUT2D eigenvalue weighted by Crippen LogP contribution is -2.34. The molecule has 0 spiro atoms. The smallest absolute Gasteiger partial charge is 0.333 e. The summed E-state index contributed by atoms with van der Waals surface area (Å²) >= 11 is 0. The number of carbonyl (C=O) groups excluding carboxylic acids is 1. The quantitative estimate of drug-likeness (QED) is 0.767. The van der Waals surface area contributed by atoms with Crippen molar-refractivity contribution in [2.75, 3.05) is 19.0 Å². The van der Waals surface area contributed by atoms with Gasteiger partial charge in [-0.25, -0.2) is 17.9 Å². The van der Waals surface area contributed by atoms with E-state index in [0.29, 0.717) is 13.2 Å². The van der Waals surface area contributed by atoms with Crippen LogP contribution in [-0.4, -0.2) is 37.9 Å². The number of nitrogens with one attached hydrogen (secondary N) is 2. The van der Waals surface area contributed by atoms with Crippen molar-refractivity contribution in [1.82, 2.24) is 14.5 Å². The highest BCUT2D eigenvalue weighted by Crippen LogP contribution is 2.38. The zero-order valence-electron chi connectivity index (χ0n) is 15.8. The monoisotopic (exact) mass is 404 g/mol. The number of carbonyl (C=O) groups is 1. The van der Waals surface area contributed by atoms with Gasteiger partial charge in [-0.15, -0.1) is 0 Å². The van der Waals surface area contributed by atoms with Crippen LogP contribution in [0.1, 0.15) is 35.1 Å². The highest BCUT2D eigenvalue weighted by molar-refractivity contribution is 7.90. The van der Waals surface area contributed by atoms with E-state index in [0.717, 1.165) is 55.3 Å². The van der Waals surface area contributed by atoms with Gasteiger partial charge >= 0.3 is 6.03 Å². The number of amides is 2. The average molecular weight is 404 g/mol. The molecule has 2 amide bonds. The third-order valence-electron chi connectivity index (χ3n) is 5.38. The van der Waals surface area contributed by atoms with Gasteiger partial charge in [-0.3, -0.25) is 4.68 Å². The van der Waals surface area contributed by atoms with Crippen LogP contribution in [0.3, 0.4) is 0 Å². The van der Waals surface area contributed by atoms with E-state index in [9.17, 15) is 13.2 Å². The lowest BCUT2D eigenvalue weighted by Gasteiger charge is -2.16. The fourth-order valence-corrected chi connectivity index (χ4v) is 4.94. The van der Waals surface area contributed by atoms with E-state index in [2.05, 4.69) is 21.2 Å². The van der Waals surface area contributed by atoms with E-state index in [4.69, 9.17) is 4.74 Å². The van der Waals surface area contributed by atoms with Crippen molar-refractivity contribution in [3.05, 3.63) is 40.7 Å². The number of urea groups is 1. The highest BCUT2D eigenvalue weighted by atomic mass is 32.2. The predicted molar refractivity (Wildman–Crippen MR) is 104 cm³/mol. The number of nitrogens with zero attached hydrogens (tertiary/aromatic N) is 2. The molecule has 0 saturated carbocycles. The van der Waals surface area contributed by atoms with Gasteiger partial charge < -0.3 is 10.1 Å². The Labute approximate surface area is 164 Å². The van der Waals surface area contributed by atoms with Gasteiger partial charge in [0.2, 0.25) is 0 Å². The zero-order valence-corrected chi connectivity index (χ0v) is 16.6. The number of fused-ring (bicyclic) bond motifs is 2. The molecular weight excluding hydrogens is 380 g/mol. The lowest BCUT2D eigenvalue weighted by molar-refractivity contribution is 0.183. The van der Waals surface area contributed by atoms with E-state index in [1.807, 2.05) is 0 Å². The number of benzene rings is 1. The number of methoxy groups -OCH3 is 1. The van der Waals surface area contributed by atoms with Crippen molar-refractivity contribution in [3.63, 3.8) is 0 Å². The van der Waals surface area contributed by atoms with Crippen LogP contribution in [0.15, 0.2) is 23.4 Å². The molecule has 0 radical (unpaired) electrons. The summed E-state index contributed by atoms with van der Waals surface area (Å²) < 4.78 is 33.6. The number of anilines is 1. The summed E-state index contributed by atoms with van der Waals surface area (Å²) in [4.78, 5) is 12.5. The predicted octanol–water partition coefficient (Wildman–Crippen LogP) is 2.02. The minimum absolute atomic E-state index is 0.0535. The molecule has 1 heterocycles. The summed E-state index contributed by atoms with van der Waals surface area (Å²) in [5.41, 5.74) is 5.67. The maximum Gasteiger partial charge on any atom is 0.333 e. The Morgan fingerprint density at radius 3 is 2.50 bits per heavy atom. The second-order valence-corrected chi connectivity index (χ2v) is 8.91. The molecule has 8 nitrogen and oxygen atoms in total. The molecule has 0 aliphatic heterocycles. The lowest BCUT2D eigenvalue weighted by atomic mass is 9.99. The number of hydrogen-bond donors (Lipinski definition) is 2. The Morgan fingerprint density at radius 1 is 1.18 bits per heavy atom. The van der Waals surface area contributed by atoms with Crippen LogP contribution in [0.2, 0.25) is 0 Å². The van der Waals surface area contributed by atoms with Gasteiger partial charge in [-0.05, 0) is 60.8 Å². The first-order valence-corrected chi connectivity index (χ1v) is 11.0. The fourth-order valence-electron chi connectivity index (χ4n) is 4.08. The Bertz CT molecular complexity index is 981. The molecule has 2 aliphatic rings. The van der Waals surface area contributed by atoms with Gasteiger partial charge in [0.1, 0.15) is 4.90 Å². The average Bonchev–Trinajstić information content (AvgIpc) is 3.39.